The summed E-state index contributed by atoms with van der Waals surface area (Å²) in [6, 6.07) is 16.7. The van der Waals surface area contributed by atoms with Gasteiger partial charge in [-0.2, -0.15) is 0 Å². The molecule has 0 aliphatic heterocycles. The van der Waals surface area contributed by atoms with Gasteiger partial charge in [0, 0.05) is 12.2 Å². The zero-order valence-electron chi connectivity index (χ0n) is 11.9. The van der Waals surface area contributed by atoms with Crippen LogP contribution in [0.5, 0.6) is 0 Å². The molecule has 0 saturated carbocycles. The van der Waals surface area contributed by atoms with Crippen molar-refractivity contribution in [3.05, 3.63) is 65.7 Å². The molecule has 0 aliphatic rings. The van der Waals surface area contributed by atoms with Crippen LogP contribution in [-0.2, 0) is 4.79 Å². The number of nitrogens with two attached hydrogens (primary N) is 1. The predicted octanol–water partition coefficient (Wildman–Crippen LogP) is 3.05. The molecule has 0 saturated heterocycles. The number of rotatable bonds is 4. The van der Waals surface area contributed by atoms with E-state index in [2.05, 4.69) is 0 Å². The van der Waals surface area contributed by atoms with Crippen molar-refractivity contribution in [1.82, 2.24) is 0 Å². The number of carbonyl (C=O) groups excluding carboxylic acids is 1. The standard InChI is InChI=1S/C17H20N2O/c1-3-19(15-11-7-8-13(2)12-15)17(20)16(18)14-9-5-4-6-10-14/h4-12,16H,3,18H2,1-2H3. The number of hydrogen-bond acceptors (Lipinski definition) is 2. The molecule has 0 heterocycles. The number of aryl methyl sites for hydroxylation is 1. The SMILES string of the molecule is CCN(C(=O)C(N)c1ccccc1)c1cccc(C)c1. The zero-order valence-corrected chi connectivity index (χ0v) is 11.9. The summed E-state index contributed by atoms with van der Waals surface area (Å²) in [5.74, 6) is -0.0794. The fourth-order valence-electron chi connectivity index (χ4n) is 2.23. The zero-order chi connectivity index (χ0) is 14.5. The Balaban J connectivity index is 2.26. The fraction of sp³-hybridized carbons (Fsp3) is 0.235. The predicted molar refractivity (Wildman–Crippen MR) is 82.6 cm³/mol. The lowest BCUT2D eigenvalue weighted by Crippen LogP contribution is -2.38. The highest BCUT2D eigenvalue weighted by Crippen LogP contribution is 2.20. The van der Waals surface area contributed by atoms with Gasteiger partial charge in [0.2, 0.25) is 5.91 Å². The third-order valence-electron chi connectivity index (χ3n) is 3.32. The summed E-state index contributed by atoms with van der Waals surface area (Å²) >= 11 is 0. The molecule has 20 heavy (non-hydrogen) atoms. The molecule has 0 aliphatic carbocycles. The van der Waals surface area contributed by atoms with Gasteiger partial charge >= 0.3 is 0 Å². The van der Waals surface area contributed by atoms with Crippen LogP contribution in [-0.4, -0.2) is 12.5 Å². The Morgan fingerprint density at radius 3 is 2.45 bits per heavy atom. The number of benzene rings is 2. The summed E-state index contributed by atoms with van der Waals surface area (Å²) in [4.78, 5) is 14.3. The first kappa shape index (κ1) is 14.3. The Morgan fingerprint density at radius 2 is 1.85 bits per heavy atom. The van der Waals surface area contributed by atoms with E-state index in [0.717, 1.165) is 16.8 Å². The highest BCUT2D eigenvalue weighted by molar-refractivity contribution is 5.97. The van der Waals surface area contributed by atoms with Gasteiger partial charge in [-0.3, -0.25) is 4.79 Å². The smallest absolute Gasteiger partial charge is 0.248 e. The third kappa shape index (κ3) is 3.06. The molecule has 2 aromatic rings. The van der Waals surface area contributed by atoms with E-state index >= 15 is 0 Å². The summed E-state index contributed by atoms with van der Waals surface area (Å²) in [5, 5.41) is 0. The highest BCUT2D eigenvalue weighted by atomic mass is 16.2. The van der Waals surface area contributed by atoms with Crippen molar-refractivity contribution in [3.63, 3.8) is 0 Å². The Kier molecular flexibility index (Phi) is 4.53. The number of carbonyl (C=O) groups is 1. The van der Waals surface area contributed by atoms with E-state index in [1.807, 2.05) is 68.4 Å². The number of amides is 1. The summed E-state index contributed by atoms with van der Waals surface area (Å²) in [7, 11) is 0. The topological polar surface area (TPSA) is 46.3 Å². The van der Waals surface area contributed by atoms with Gasteiger partial charge in [-0.05, 0) is 37.1 Å². The Morgan fingerprint density at radius 1 is 1.15 bits per heavy atom. The molecule has 1 amide bonds. The summed E-state index contributed by atoms with van der Waals surface area (Å²) < 4.78 is 0. The second-order valence-electron chi connectivity index (χ2n) is 4.81. The monoisotopic (exact) mass is 268 g/mol. The van der Waals surface area contributed by atoms with E-state index in [-0.39, 0.29) is 5.91 Å². The molecule has 3 nitrogen and oxygen atoms in total. The molecule has 2 rings (SSSR count). The fourth-order valence-corrected chi connectivity index (χ4v) is 2.23. The minimum Gasteiger partial charge on any atom is -0.316 e. The Labute approximate surface area is 120 Å². The lowest BCUT2D eigenvalue weighted by atomic mass is 10.1. The molecule has 0 radical (unpaired) electrons. The van der Waals surface area contributed by atoms with Gasteiger partial charge in [-0.1, -0.05) is 42.5 Å². The van der Waals surface area contributed by atoms with Crippen molar-refractivity contribution >= 4 is 11.6 Å². The maximum absolute atomic E-state index is 12.6. The molecule has 3 heteroatoms. The van der Waals surface area contributed by atoms with E-state index in [0.29, 0.717) is 6.54 Å². The van der Waals surface area contributed by atoms with Gasteiger partial charge in [0.25, 0.3) is 0 Å². The van der Waals surface area contributed by atoms with Crippen LogP contribution in [0, 0.1) is 6.92 Å². The van der Waals surface area contributed by atoms with Gasteiger partial charge in [0.05, 0.1) is 0 Å². The van der Waals surface area contributed by atoms with Gasteiger partial charge < -0.3 is 10.6 Å². The van der Waals surface area contributed by atoms with Crippen molar-refractivity contribution in [2.75, 3.05) is 11.4 Å². The van der Waals surface area contributed by atoms with Crippen LogP contribution < -0.4 is 10.6 Å². The van der Waals surface area contributed by atoms with Crippen molar-refractivity contribution in [2.24, 2.45) is 5.73 Å². The van der Waals surface area contributed by atoms with Crippen LogP contribution in [0.25, 0.3) is 0 Å². The normalized spacial score (nSPS) is 11.9. The van der Waals surface area contributed by atoms with Crippen molar-refractivity contribution in [3.8, 4) is 0 Å². The molecule has 0 aromatic heterocycles. The number of likely N-dealkylation sites (N-methyl/N-ethyl adjacent to an activating group) is 1. The summed E-state index contributed by atoms with van der Waals surface area (Å²) in [6.07, 6.45) is 0. The molecule has 2 N–H and O–H groups in total. The van der Waals surface area contributed by atoms with E-state index in [1.165, 1.54) is 0 Å². The Hall–Kier alpha value is -2.13. The summed E-state index contributed by atoms with van der Waals surface area (Å²) in [5.41, 5.74) is 8.96. The minimum absolute atomic E-state index is 0.0794. The summed E-state index contributed by atoms with van der Waals surface area (Å²) in [6.45, 7) is 4.57. The van der Waals surface area contributed by atoms with Crippen molar-refractivity contribution in [2.45, 2.75) is 19.9 Å². The molecule has 1 unspecified atom stereocenters. The average molecular weight is 268 g/mol. The second-order valence-corrected chi connectivity index (χ2v) is 4.81. The van der Waals surface area contributed by atoms with Gasteiger partial charge in [-0.15, -0.1) is 0 Å². The molecule has 0 bridgehead atoms. The lowest BCUT2D eigenvalue weighted by molar-refractivity contribution is -0.119. The van der Waals surface area contributed by atoms with E-state index < -0.39 is 6.04 Å². The van der Waals surface area contributed by atoms with E-state index in [9.17, 15) is 4.79 Å². The first-order valence-electron chi connectivity index (χ1n) is 6.82. The van der Waals surface area contributed by atoms with Crippen molar-refractivity contribution in [1.29, 1.82) is 0 Å². The highest BCUT2D eigenvalue weighted by Gasteiger charge is 2.22. The maximum atomic E-state index is 12.6. The van der Waals surface area contributed by atoms with Crippen LogP contribution >= 0.6 is 0 Å². The first-order valence-corrected chi connectivity index (χ1v) is 6.82. The quantitative estimate of drug-likeness (QED) is 0.926. The average Bonchev–Trinajstić information content (AvgIpc) is 2.48. The molecular weight excluding hydrogens is 248 g/mol. The van der Waals surface area contributed by atoms with Gasteiger partial charge in [0.15, 0.2) is 0 Å². The van der Waals surface area contributed by atoms with Gasteiger partial charge in [0.1, 0.15) is 6.04 Å². The van der Waals surface area contributed by atoms with Crippen LogP contribution in [0.1, 0.15) is 24.1 Å². The van der Waals surface area contributed by atoms with Crippen LogP contribution in [0.2, 0.25) is 0 Å². The van der Waals surface area contributed by atoms with Gasteiger partial charge in [-0.25, -0.2) is 0 Å². The molecular formula is C17H20N2O. The molecule has 0 spiro atoms. The van der Waals surface area contributed by atoms with E-state index in [4.69, 9.17) is 5.73 Å². The van der Waals surface area contributed by atoms with Crippen LogP contribution in [0.3, 0.4) is 0 Å². The molecule has 104 valence electrons. The molecule has 2 aromatic carbocycles. The minimum atomic E-state index is -0.628. The van der Waals surface area contributed by atoms with Crippen LogP contribution in [0.15, 0.2) is 54.6 Å². The maximum Gasteiger partial charge on any atom is 0.248 e. The van der Waals surface area contributed by atoms with Crippen LogP contribution in [0.4, 0.5) is 5.69 Å². The number of nitrogens with zero attached hydrogens (tertiary/aromatic N) is 1. The first-order chi connectivity index (χ1) is 9.63. The largest absolute Gasteiger partial charge is 0.316 e. The molecule has 0 fully saturated rings. The Bertz CT molecular complexity index is 581. The number of anilines is 1. The number of hydrogen-bond donors (Lipinski definition) is 1. The third-order valence-corrected chi connectivity index (χ3v) is 3.32. The molecule has 1 atom stereocenters. The van der Waals surface area contributed by atoms with Crippen molar-refractivity contribution < 1.29 is 4.79 Å². The lowest BCUT2D eigenvalue weighted by Gasteiger charge is -2.25. The second kappa shape index (κ2) is 6.35. The van der Waals surface area contributed by atoms with E-state index in [1.54, 1.807) is 4.90 Å².